The van der Waals surface area contributed by atoms with Crippen LogP contribution in [-0.2, 0) is 4.79 Å². The minimum absolute atomic E-state index is 0. The van der Waals surface area contributed by atoms with E-state index in [9.17, 15) is 4.79 Å². The lowest BCUT2D eigenvalue weighted by atomic mass is 9.88. The molecule has 0 aromatic carbocycles. The standard InChI is InChI=1S/C22H38O.CH4/c1-5-6-7-8-9-10-11-12-13-14-15-16-17-18-19-20-21(23)22(2,3)4;/h6-7,9-10,12-13H,5,8,11,14-20H2,1-4H3;1H4/b7-6-,10-9-,13-12-;. The van der Waals surface area contributed by atoms with E-state index in [0.29, 0.717) is 5.78 Å². The highest BCUT2D eigenvalue weighted by atomic mass is 16.1. The van der Waals surface area contributed by atoms with Crippen LogP contribution in [-0.4, -0.2) is 5.78 Å². The van der Waals surface area contributed by atoms with Crippen LogP contribution in [0.5, 0.6) is 0 Å². The first-order chi connectivity index (χ1) is 11.0. The fourth-order valence-electron chi connectivity index (χ4n) is 2.28. The quantitative estimate of drug-likeness (QED) is 0.248. The molecule has 0 spiro atoms. The van der Waals surface area contributed by atoms with Gasteiger partial charge in [-0.05, 0) is 38.5 Å². The number of ketones is 1. The molecular formula is C23H42O. The summed E-state index contributed by atoms with van der Waals surface area (Å²) in [6.45, 7) is 8.20. The van der Waals surface area contributed by atoms with E-state index in [4.69, 9.17) is 0 Å². The molecule has 0 aliphatic heterocycles. The molecule has 0 aromatic heterocycles. The lowest BCUT2D eigenvalue weighted by molar-refractivity contribution is -0.126. The van der Waals surface area contributed by atoms with Crippen LogP contribution in [0.2, 0.25) is 0 Å². The van der Waals surface area contributed by atoms with Crippen LogP contribution in [0.4, 0.5) is 0 Å². The van der Waals surface area contributed by atoms with E-state index in [1.807, 2.05) is 20.8 Å². The maximum atomic E-state index is 11.8. The Bertz CT molecular complexity index is 366. The Kier molecular flexibility index (Phi) is 17.5. The van der Waals surface area contributed by atoms with Gasteiger partial charge in [-0.25, -0.2) is 0 Å². The largest absolute Gasteiger partial charge is 0.299 e. The third kappa shape index (κ3) is 17.2. The van der Waals surface area contributed by atoms with Crippen molar-refractivity contribution < 1.29 is 4.79 Å². The van der Waals surface area contributed by atoms with Gasteiger partial charge in [-0.2, -0.15) is 0 Å². The predicted octanol–water partition coefficient (Wildman–Crippen LogP) is 7.83. The Hall–Kier alpha value is -1.11. The minimum Gasteiger partial charge on any atom is -0.299 e. The number of unbranched alkanes of at least 4 members (excludes halogenated alkanes) is 5. The molecule has 1 heteroatoms. The third-order valence-corrected chi connectivity index (χ3v) is 3.89. The van der Waals surface area contributed by atoms with Crippen molar-refractivity contribution in [2.24, 2.45) is 5.41 Å². The highest BCUT2D eigenvalue weighted by Crippen LogP contribution is 2.19. The van der Waals surface area contributed by atoms with E-state index in [1.165, 1.54) is 32.1 Å². The van der Waals surface area contributed by atoms with Crippen LogP contribution in [0.15, 0.2) is 36.5 Å². The monoisotopic (exact) mass is 334 g/mol. The van der Waals surface area contributed by atoms with Gasteiger partial charge in [0.05, 0.1) is 0 Å². The van der Waals surface area contributed by atoms with Crippen molar-refractivity contribution in [3.05, 3.63) is 36.5 Å². The van der Waals surface area contributed by atoms with Crippen LogP contribution >= 0.6 is 0 Å². The van der Waals surface area contributed by atoms with E-state index in [2.05, 4.69) is 43.4 Å². The fourth-order valence-corrected chi connectivity index (χ4v) is 2.28. The molecule has 0 amide bonds. The molecule has 0 bridgehead atoms. The molecule has 0 atom stereocenters. The summed E-state index contributed by atoms with van der Waals surface area (Å²) in [5.74, 6) is 0.402. The van der Waals surface area contributed by atoms with Gasteiger partial charge in [0.15, 0.2) is 0 Å². The Morgan fingerprint density at radius 1 is 0.750 bits per heavy atom. The number of rotatable bonds is 13. The lowest BCUT2D eigenvalue weighted by Crippen LogP contribution is -2.19. The van der Waals surface area contributed by atoms with E-state index in [1.54, 1.807) is 0 Å². The molecule has 0 unspecified atom stereocenters. The molecule has 0 rings (SSSR count). The molecule has 0 saturated carbocycles. The second-order valence-corrected chi connectivity index (χ2v) is 7.27. The van der Waals surface area contributed by atoms with Gasteiger partial charge in [-0.15, -0.1) is 0 Å². The van der Waals surface area contributed by atoms with Crippen molar-refractivity contribution >= 4 is 5.78 Å². The Morgan fingerprint density at radius 3 is 1.83 bits per heavy atom. The van der Waals surface area contributed by atoms with Crippen LogP contribution < -0.4 is 0 Å². The SMILES string of the molecule is C.CC/C=C\C/C=C\C/C=C\CCCCCCCC(=O)C(C)(C)C. The van der Waals surface area contributed by atoms with Gasteiger partial charge < -0.3 is 0 Å². The zero-order valence-electron chi connectivity index (χ0n) is 15.9. The molecule has 0 aliphatic rings. The maximum Gasteiger partial charge on any atom is 0.138 e. The van der Waals surface area contributed by atoms with Crippen LogP contribution in [0.3, 0.4) is 0 Å². The van der Waals surface area contributed by atoms with Gasteiger partial charge in [-0.1, -0.05) is 90.8 Å². The summed E-state index contributed by atoms with van der Waals surface area (Å²) in [4.78, 5) is 11.8. The number of hydrogen-bond acceptors (Lipinski definition) is 1. The molecule has 0 saturated heterocycles. The predicted molar refractivity (Wildman–Crippen MR) is 110 cm³/mol. The average molecular weight is 335 g/mol. The van der Waals surface area contributed by atoms with E-state index in [0.717, 1.165) is 32.1 Å². The summed E-state index contributed by atoms with van der Waals surface area (Å²) >= 11 is 0. The van der Waals surface area contributed by atoms with E-state index < -0.39 is 0 Å². The van der Waals surface area contributed by atoms with Gasteiger partial charge in [0.2, 0.25) is 0 Å². The molecule has 0 N–H and O–H groups in total. The van der Waals surface area contributed by atoms with Gasteiger partial charge in [0, 0.05) is 11.8 Å². The van der Waals surface area contributed by atoms with Crippen LogP contribution in [0.1, 0.15) is 99.3 Å². The molecule has 0 fully saturated rings. The Balaban J connectivity index is 0. The topological polar surface area (TPSA) is 17.1 Å². The molecule has 1 nitrogen and oxygen atoms in total. The highest BCUT2D eigenvalue weighted by molar-refractivity contribution is 5.83. The van der Waals surface area contributed by atoms with Crippen molar-refractivity contribution in [3.63, 3.8) is 0 Å². The second-order valence-electron chi connectivity index (χ2n) is 7.27. The normalized spacial score (nSPS) is 12.3. The molecule has 140 valence electrons. The smallest absolute Gasteiger partial charge is 0.138 e. The zero-order valence-corrected chi connectivity index (χ0v) is 15.9. The lowest BCUT2D eigenvalue weighted by Gasteiger charge is -2.16. The molecule has 0 aromatic rings. The highest BCUT2D eigenvalue weighted by Gasteiger charge is 2.19. The summed E-state index contributed by atoms with van der Waals surface area (Å²) in [6.07, 6.45) is 24.7. The molecule has 0 radical (unpaired) electrons. The number of carbonyl (C=O) groups is 1. The van der Waals surface area contributed by atoms with Gasteiger partial charge in [0.25, 0.3) is 0 Å². The van der Waals surface area contributed by atoms with Crippen LogP contribution in [0.25, 0.3) is 0 Å². The average Bonchev–Trinajstić information content (AvgIpc) is 2.50. The van der Waals surface area contributed by atoms with E-state index in [-0.39, 0.29) is 12.8 Å². The molecule has 0 aliphatic carbocycles. The number of carbonyl (C=O) groups excluding carboxylic acids is 1. The number of Topliss-reactive ketones (excluding diaryl/α,β-unsaturated/α-hetero) is 1. The van der Waals surface area contributed by atoms with E-state index >= 15 is 0 Å². The van der Waals surface area contributed by atoms with Crippen molar-refractivity contribution in [2.75, 3.05) is 0 Å². The summed E-state index contributed by atoms with van der Waals surface area (Å²) < 4.78 is 0. The van der Waals surface area contributed by atoms with Crippen molar-refractivity contribution in [1.29, 1.82) is 0 Å². The summed E-state index contributed by atoms with van der Waals surface area (Å²) in [6, 6.07) is 0. The van der Waals surface area contributed by atoms with Crippen molar-refractivity contribution in [3.8, 4) is 0 Å². The fraction of sp³-hybridized carbons (Fsp3) is 0.696. The Labute approximate surface area is 152 Å². The summed E-state index contributed by atoms with van der Waals surface area (Å²) in [5, 5.41) is 0. The molecular weight excluding hydrogens is 292 g/mol. The Morgan fingerprint density at radius 2 is 1.25 bits per heavy atom. The molecule has 0 heterocycles. The third-order valence-electron chi connectivity index (χ3n) is 3.89. The first-order valence-electron chi connectivity index (χ1n) is 9.46. The first-order valence-corrected chi connectivity index (χ1v) is 9.46. The van der Waals surface area contributed by atoms with Crippen LogP contribution in [0, 0.1) is 5.41 Å². The summed E-state index contributed by atoms with van der Waals surface area (Å²) in [7, 11) is 0. The first kappa shape index (κ1) is 25.1. The van der Waals surface area contributed by atoms with Gasteiger partial charge >= 0.3 is 0 Å². The van der Waals surface area contributed by atoms with Crippen molar-refractivity contribution in [1.82, 2.24) is 0 Å². The minimum atomic E-state index is -0.161. The second kappa shape index (κ2) is 16.7. The maximum absolute atomic E-state index is 11.8. The van der Waals surface area contributed by atoms with Crippen molar-refractivity contribution in [2.45, 2.75) is 99.3 Å². The summed E-state index contributed by atoms with van der Waals surface area (Å²) in [5.41, 5.74) is -0.161. The number of hydrogen-bond donors (Lipinski definition) is 0. The van der Waals surface area contributed by atoms with Gasteiger partial charge in [0.1, 0.15) is 5.78 Å². The number of allylic oxidation sites excluding steroid dienone is 6. The molecule has 24 heavy (non-hydrogen) atoms. The zero-order chi connectivity index (χ0) is 17.4. The van der Waals surface area contributed by atoms with Gasteiger partial charge in [-0.3, -0.25) is 4.79 Å².